The largest absolute Gasteiger partial charge is 0.481 e. The Morgan fingerprint density at radius 2 is 2.16 bits per heavy atom. The molecule has 0 atom stereocenters. The maximum atomic E-state index is 10.7. The first-order valence-electron chi connectivity index (χ1n) is 5.81. The molecule has 0 bridgehead atoms. The molecule has 0 radical (unpaired) electrons. The molecular weight excluding hydrogens is 242 g/mol. The molecule has 1 heterocycles. The summed E-state index contributed by atoms with van der Waals surface area (Å²) in [6.07, 6.45) is 1.75. The number of nitrogens with two attached hydrogens (primary N) is 1. The Kier molecular flexibility index (Phi) is 3.97. The number of benzene rings is 1. The fourth-order valence-corrected chi connectivity index (χ4v) is 1.72. The number of hydrogen-bond donors (Lipinski definition) is 2. The van der Waals surface area contributed by atoms with Gasteiger partial charge in [0.15, 0.2) is 0 Å². The average Bonchev–Trinajstić information content (AvgIpc) is 2.45. The van der Waals surface area contributed by atoms with Gasteiger partial charge in [-0.25, -0.2) is 9.78 Å². The number of amides is 2. The zero-order valence-electron chi connectivity index (χ0n) is 10.6. The van der Waals surface area contributed by atoms with Gasteiger partial charge in [0.25, 0.3) is 0 Å². The van der Waals surface area contributed by atoms with Crippen LogP contribution in [0.1, 0.15) is 5.56 Å². The van der Waals surface area contributed by atoms with Crippen molar-refractivity contribution in [3.8, 4) is 17.0 Å². The van der Waals surface area contributed by atoms with Crippen molar-refractivity contribution >= 4 is 6.03 Å². The van der Waals surface area contributed by atoms with Crippen LogP contribution in [-0.2, 0) is 6.54 Å². The third-order valence-corrected chi connectivity index (χ3v) is 2.67. The van der Waals surface area contributed by atoms with Gasteiger partial charge < -0.3 is 15.8 Å². The van der Waals surface area contributed by atoms with Crippen molar-refractivity contribution in [1.29, 1.82) is 0 Å². The van der Waals surface area contributed by atoms with Crippen molar-refractivity contribution in [2.24, 2.45) is 5.73 Å². The maximum Gasteiger partial charge on any atom is 0.312 e. The molecular formula is C14H15N3O2. The highest BCUT2D eigenvalue weighted by molar-refractivity contribution is 5.71. The topological polar surface area (TPSA) is 77.2 Å². The highest BCUT2D eigenvalue weighted by Crippen LogP contribution is 2.21. The molecule has 0 saturated carbocycles. The summed E-state index contributed by atoms with van der Waals surface area (Å²) in [7, 11) is 1.58. The predicted molar refractivity (Wildman–Crippen MR) is 72.6 cm³/mol. The van der Waals surface area contributed by atoms with Crippen LogP contribution in [0, 0.1) is 0 Å². The van der Waals surface area contributed by atoms with Crippen LogP contribution in [0.4, 0.5) is 4.79 Å². The fraction of sp³-hybridized carbons (Fsp3) is 0.143. The molecule has 98 valence electrons. The fourth-order valence-electron chi connectivity index (χ4n) is 1.72. The summed E-state index contributed by atoms with van der Waals surface area (Å²) in [6, 6.07) is 11.0. The van der Waals surface area contributed by atoms with E-state index in [1.807, 2.05) is 36.4 Å². The van der Waals surface area contributed by atoms with Gasteiger partial charge in [-0.15, -0.1) is 0 Å². The Labute approximate surface area is 111 Å². The Morgan fingerprint density at radius 3 is 2.79 bits per heavy atom. The molecule has 19 heavy (non-hydrogen) atoms. The molecule has 2 amide bonds. The van der Waals surface area contributed by atoms with E-state index in [4.69, 9.17) is 10.5 Å². The van der Waals surface area contributed by atoms with Crippen LogP contribution in [0.25, 0.3) is 11.1 Å². The summed E-state index contributed by atoms with van der Waals surface area (Å²) >= 11 is 0. The van der Waals surface area contributed by atoms with E-state index in [9.17, 15) is 4.79 Å². The Hall–Kier alpha value is -2.56. The van der Waals surface area contributed by atoms with Crippen LogP contribution in [0.3, 0.4) is 0 Å². The summed E-state index contributed by atoms with van der Waals surface area (Å²) in [6.45, 7) is 0.409. The zero-order chi connectivity index (χ0) is 13.7. The Bertz CT molecular complexity index is 567. The van der Waals surface area contributed by atoms with Crippen molar-refractivity contribution in [3.05, 3.63) is 48.2 Å². The number of pyridine rings is 1. The predicted octanol–water partition coefficient (Wildman–Crippen LogP) is 1.93. The standard InChI is InChI=1S/C14H15N3O2/c1-19-13-6-5-12(9-16-13)11-4-2-3-10(7-11)8-17-14(15)18/h2-7,9H,8H2,1H3,(H3,15,17,18). The van der Waals surface area contributed by atoms with Gasteiger partial charge in [-0.1, -0.05) is 18.2 Å². The first kappa shape index (κ1) is 12.9. The summed E-state index contributed by atoms with van der Waals surface area (Å²) in [5, 5.41) is 2.56. The number of urea groups is 1. The van der Waals surface area contributed by atoms with Gasteiger partial charge in [0.05, 0.1) is 7.11 Å². The monoisotopic (exact) mass is 257 g/mol. The average molecular weight is 257 g/mol. The summed E-state index contributed by atoms with van der Waals surface area (Å²) in [5.74, 6) is 0.579. The number of hydrogen-bond acceptors (Lipinski definition) is 3. The molecule has 0 aliphatic heterocycles. The molecule has 3 N–H and O–H groups in total. The van der Waals surface area contributed by atoms with Crippen molar-refractivity contribution in [3.63, 3.8) is 0 Å². The van der Waals surface area contributed by atoms with Crippen molar-refractivity contribution < 1.29 is 9.53 Å². The second-order valence-electron chi connectivity index (χ2n) is 4.01. The third-order valence-electron chi connectivity index (χ3n) is 2.67. The number of aromatic nitrogens is 1. The Morgan fingerprint density at radius 1 is 1.32 bits per heavy atom. The van der Waals surface area contributed by atoms with Gasteiger partial charge in [0, 0.05) is 24.4 Å². The lowest BCUT2D eigenvalue weighted by Gasteiger charge is -2.06. The van der Waals surface area contributed by atoms with E-state index in [0.29, 0.717) is 12.4 Å². The van der Waals surface area contributed by atoms with Gasteiger partial charge in [0.1, 0.15) is 0 Å². The molecule has 0 aliphatic rings. The number of primary amides is 1. The van der Waals surface area contributed by atoms with Crippen LogP contribution in [0.5, 0.6) is 5.88 Å². The molecule has 1 aromatic heterocycles. The molecule has 5 nitrogen and oxygen atoms in total. The number of ether oxygens (including phenoxy) is 1. The number of methoxy groups -OCH3 is 1. The summed E-state index contributed by atoms with van der Waals surface area (Å²) < 4.78 is 5.02. The lowest BCUT2D eigenvalue weighted by molar-refractivity contribution is 0.248. The van der Waals surface area contributed by atoms with E-state index in [2.05, 4.69) is 10.3 Å². The first-order valence-corrected chi connectivity index (χ1v) is 5.81. The normalized spacial score (nSPS) is 9.95. The van der Waals surface area contributed by atoms with Gasteiger partial charge in [-0.3, -0.25) is 0 Å². The minimum atomic E-state index is -0.531. The highest BCUT2D eigenvalue weighted by Gasteiger charge is 2.01. The quantitative estimate of drug-likeness (QED) is 0.878. The summed E-state index contributed by atoms with van der Waals surface area (Å²) in [5.41, 5.74) is 8.04. The lowest BCUT2D eigenvalue weighted by Crippen LogP contribution is -2.28. The van der Waals surface area contributed by atoms with Crippen molar-refractivity contribution in [1.82, 2.24) is 10.3 Å². The second-order valence-corrected chi connectivity index (χ2v) is 4.01. The first-order chi connectivity index (χ1) is 9.19. The Balaban J connectivity index is 2.19. The number of nitrogens with one attached hydrogen (secondary N) is 1. The molecule has 0 unspecified atom stereocenters. The maximum absolute atomic E-state index is 10.7. The van der Waals surface area contributed by atoms with Crippen LogP contribution < -0.4 is 15.8 Å². The zero-order valence-corrected chi connectivity index (χ0v) is 10.6. The molecule has 2 aromatic rings. The molecule has 1 aromatic carbocycles. The minimum absolute atomic E-state index is 0.409. The SMILES string of the molecule is COc1ccc(-c2cccc(CNC(N)=O)c2)cn1. The molecule has 0 fully saturated rings. The van der Waals surface area contributed by atoms with E-state index in [1.165, 1.54) is 0 Å². The molecule has 0 saturated heterocycles. The van der Waals surface area contributed by atoms with Gasteiger partial charge in [-0.05, 0) is 23.3 Å². The number of rotatable bonds is 4. The van der Waals surface area contributed by atoms with E-state index >= 15 is 0 Å². The van der Waals surface area contributed by atoms with Crippen LogP contribution in [0.15, 0.2) is 42.6 Å². The molecule has 0 aliphatic carbocycles. The smallest absolute Gasteiger partial charge is 0.312 e. The van der Waals surface area contributed by atoms with Crippen molar-refractivity contribution in [2.45, 2.75) is 6.54 Å². The van der Waals surface area contributed by atoms with Crippen LogP contribution >= 0.6 is 0 Å². The van der Waals surface area contributed by atoms with E-state index in [0.717, 1.165) is 16.7 Å². The lowest BCUT2D eigenvalue weighted by atomic mass is 10.0. The van der Waals surface area contributed by atoms with E-state index < -0.39 is 6.03 Å². The second kappa shape index (κ2) is 5.86. The van der Waals surface area contributed by atoms with Crippen LogP contribution in [-0.4, -0.2) is 18.1 Å². The molecule has 0 spiro atoms. The minimum Gasteiger partial charge on any atom is -0.481 e. The van der Waals surface area contributed by atoms with Gasteiger partial charge in [0.2, 0.25) is 5.88 Å². The van der Waals surface area contributed by atoms with Gasteiger partial charge in [-0.2, -0.15) is 0 Å². The highest BCUT2D eigenvalue weighted by atomic mass is 16.5. The van der Waals surface area contributed by atoms with E-state index in [-0.39, 0.29) is 0 Å². The summed E-state index contributed by atoms with van der Waals surface area (Å²) in [4.78, 5) is 14.9. The number of nitrogens with zero attached hydrogens (tertiary/aromatic N) is 1. The molecule has 2 rings (SSSR count). The van der Waals surface area contributed by atoms with E-state index in [1.54, 1.807) is 13.3 Å². The molecule has 5 heteroatoms. The van der Waals surface area contributed by atoms with Gasteiger partial charge >= 0.3 is 6.03 Å². The third kappa shape index (κ3) is 3.45. The number of carbonyl (C=O) groups is 1. The van der Waals surface area contributed by atoms with Crippen LogP contribution in [0.2, 0.25) is 0 Å². The van der Waals surface area contributed by atoms with Crippen molar-refractivity contribution in [2.75, 3.05) is 7.11 Å². The number of carbonyl (C=O) groups excluding carboxylic acids is 1.